The van der Waals surface area contributed by atoms with Crippen molar-refractivity contribution in [3.8, 4) is 5.75 Å². The SMILES string of the molecule is COc1ccc(C2CCC(OC(=O)CCC(=O)OCC(F)(F)C(F)(F)C(F)(F)C(F)F)CC2)cc1. The molecule has 0 aromatic heterocycles. The number of rotatable bonds is 11. The van der Waals surface area contributed by atoms with Crippen LogP contribution in [0.5, 0.6) is 5.75 Å². The minimum absolute atomic E-state index is 0.253. The number of alkyl halides is 8. The molecule has 5 nitrogen and oxygen atoms in total. The highest BCUT2D eigenvalue weighted by atomic mass is 19.4. The number of esters is 2. The highest BCUT2D eigenvalue weighted by Crippen LogP contribution is 2.48. The number of methoxy groups -OCH3 is 1. The van der Waals surface area contributed by atoms with Crippen molar-refractivity contribution in [2.24, 2.45) is 0 Å². The molecule has 35 heavy (non-hydrogen) atoms. The summed E-state index contributed by atoms with van der Waals surface area (Å²) >= 11 is 0. The molecule has 0 unspecified atom stereocenters. The van der Waals surface area contributed by atoms with E-state index in [4.69, 9.17) is 9.47 Å². The van der Waals surface area contributed by atoms with E-state index in [2.05, 4.69) is 4.74 Å². The van der Waals surface area contributed by atoms with Gasteiger partial charge >= 0.3 is 36.1 Å². The van der Waals surface area contributed by atoms with Crippen molar-refractivity contribution < 1.29 is 58.9 Å². The van der Waals surface area contributed by atoms with Crippen molar-refractivity contribution in [1.29, 1.82) is 0 Å². The second-order valence-corrected chi connectivity index (χ2v) is 8.10. The second kappa shape index (κ2) is 11.4. The molecule has 0 saturated heterocycles. The number of ether oxygens (including phenoxy) is 3. The molecule has 1 aromatic carbocycles. The summed E-state index contributed by atoms with van der Waals surface area (Å²) < 4.78 is 117. The first kappa shape index (κ1) is 28.6. The van der Waals surface area contributed by atoms with Gasteiger partial charge in [-0.1, -0.05) is 12.1 Å². The van der Waals surface area contributed by atoms with Gasteiger partial charge in [0.25, 0.3) is 0 Å². The molecule has 2 rings (SSSR count). The third-order valence-corrected chi connectivity index (χ3v) is 5.66. The van der Waals surface area contributed by atoms with Crippen LogP contribution in [0.3, 0.4) is 0 Å². The topological polar surface area (TPSA) is 61.8 Å². The second-order valence-electron chi connectivity index (χ2n) is 8.10. The molecule has 13 heteroatoms. The predicted octanol–water partition coefficient (Wildman–Crippen LogP) is 5.76. The summed E-state index contributed by atoms with van der Waals surface area (Å²) in [5.41, 5.74) is 1.10. The maximum Gasteiger partial charge on any atom is 0.381 e. The number of hydrogen-bond donors (Lipinski definition) is 0. The van der Waals surface area contributed by atoms with Gasteiger partial charge in [-0.05, 0) is 49.3 Å². The first-order valence-electron chi connectivity index (χ1n) is 10.6. The van der Waals surface area contributed by atoms with Crippen molar-refractivity contribution in [2.45, 2.75) is 74.7 Å². The highest BCUT2D eigenvalue weighted by molar-refractivity contribution is 5.77. The Morgan fingerprint density at radius 3 is 1.97 bits per heavy atom. The molecule has 1 fully saturated rings. The van der Waals surface area contributed by atoms with E-state index in [-0.39, 0.29) is 5.92 Å². The predicted molar refractivity (Wildman–Crippen MR) is 105 cm³/mol. The molecule has 0 amide bonds. The molecule has 1 aromatic rings. The van der Waals surface area contributed by atoms with Crippen LogP contribution >= 0.6 is 0 Å². The zero-order valence-electron chi connectivity index (χ0n) is 18.6. The lowest BCUT2D eigenvalue weighted by atomic mass is 9.83. The standard InChI is InChI=1S/C22H24F8O5/c1-33-15-6-2-13(3-7-15)14-4-8-16(9-5-14)35-18(32)11-10-17(31)34-12-20(25,26)22(29,30)21(27,28)19(23)24/h2-3,6-7,14,16,19H,4-5,8-12H2,1H3. The minimum atomic E-state index is -6.47. The molecular weight excluding hydrogens is 496 g/mol. The molecule has 1 aliphatic rings. The van der Waals surface area contributed by atoms with Gasteiger partial charge in [0.05, 0.1) is 20.0 Å². The number of halogens is 8. The Morgan fingerprint density at radius 1 is 0.914 bits per heavy atom. The van der Waals surface area contributed by atoms with Crippen LogP contribution in [-0.4, -0.2) is 56.0 Å². The number of hydrogen-bond acceptors (Lipinski definition) is 5. The van der Waals surface area contributed by atoms with Gasteiger partial charge in [-0.2, -0.15) is 26.3 Å². The molecule has 0 heterocycles. The summed E-state index contributed by atoms with van der Waals surface area (Å²) in [6.07, 6.45) is -4.48. The van der Waals surface area contributed by atoms with Crippen LogP contribution in [0.15, 0.2) is 24.3 Å². The quantitative estimate of drug-likeness (QED) is 0.274. The van der Waals surface area contributed by atoms with Crippen LogP contribution in [-0.2, 0) is 19.1 Å². The maximum atomic E-state index is 13.4. The molecule has 0 aliphatic heterocycles. The van der Waals surface area contributed by atoms with E-state index in [9.17, 15) is 44.7 Å². The van der Waals surface area contributed by atoms with Gasteiger partial charge in [-0.15, -0.1) is 0 Å². The van der Waals surface area contributed by atoms with Gasteiger partial charge in [0, 0.05) is 0 Å². The van der Waals surface area contributed by atoms with Gasteiger partial charge in [0.15, 0.2) is 6.61 Å². The van der Waals surface area contributed by atoms with Crippen molar-refractivity contribution in [3.05, 3.63) is 29.8 Å². The molecule has 198 valence electrons. The first-order chi connectivity index (χ1) is 16.2. The fourth-order valence-electron chi connectivity index (χ4n) is 3.55. The average molecular weight is 520 g/mol. The van der Waals surface area contributed by atoms with E-state index in [1.165, 1.54) is 0 Å². The lowest BCUT2D eigenvalue weighted by Gasteiger charge is -2.31. The molecule has 1 saturated carbocycles. The molecule has 1 aliphatic carbocycles. The van der Waals surface area contributed by atoms with Crippen molar-refractivity contribution >= 4 is 11.9 Å². The van der Waals surface area contributed by atoms with E-state index >= 15 is 0 Å². The summed E-state index contributed by atoms with van der Waals surface area (Å²) in [4.78, 5) is 23.4. The molecule has 0 bridgehead atoms. The zero-order chi connectivity index (χ0) is 26.4. The van der Waals surface area contributed by atoms with Gasteiger partial charge < -0.3 is 14.2 Å². The van der Waals surface area contributed by atoms with Gasteiger partial charge in [-0.3, -0.25) is 9.59 Å². The van der Waals surface area contributed by atoms with Crippen molar-refractivity contribution in [3.63, 3.8) is 0 Å². The monoisotopic (exact) mass is 520 g/mol. The van der Waals surface area contributed by atoms with Crippen LogP contribution in [0.1, 0.15) is 50.0 Å². The Morgan fingerprint density at radius 2 is 1.46 bits per heavy atom. The summed E-state index contributed by atoms with van der Waals surface area (Å²) in [7, 11) is 1.56. The fraction of sp³-hybridized carbons (Fsp3) is 0.636. The normalized spacial score (nSPS) is 19.4. The van der Waals surface area contributed by atoms with E-state index in [0.717, 1.165) is 24.2 Å². The summed E-state index contributed by atoms with van der Waals surface area (Å²) in [5, 5.41) is 0. The minimum Gasteiger partial charge on any atom is -0.497 e. The van der Waals surface area contributed by atoms with Crippen LogP contribution in [0.4, 0.5) is 35.1 Å². The Hall–Kier alpha value is -2.60. The summed E-state index contributed by atoms with van der Waals surface area (Å²) in [5.74, 6) is -20.1. The molecule has 0 N–H and O–H groups in total. The van der Waals surface area contributed by atoms with Crippen LogP contribution in [0, 0.1) is 0 Å². The summed E-state index contributed by atoms with van der Waals surface area (Å²) in [6, 6.07) is 7.55. The Bertz CT molecular complexity index is 852. The van der Waals surface area contributed by atoms with E-state index < -0.39 is 61.7 Å². The fourth-order valence-corrected chi connectivity index (χ4v) is 3.55. The van der Waals surface area contributed by atoms with E-state index in [1.807, 2.05) is 24.3 Å². The Balaban J connectivity index is 1.74. The van der Waals surface area contributed by atoms with Crippen LogP contribution in [0.2, 0.25) is 0 Å². The van der Waals surface area contributed by atoms with Gasteiger partial charge in [-0.25, -0.2) is 8.78 Å². The number of benzene rings is 1. The summed E-state index contributed by atoms with van der Waals surface area (Å²) in [6.45, 7) is -2.56. The molecular formula is C22H24F8O5. The molecule has 0 radical (unpaired) electrons. The first-order valence-corrected chi connectivity index (χ1v) is 10.6. The average Bonchev–Trinajstić information content (AvgIpc) is 2.81. The Labute approximate surface area is 195 Å². The van der Waals surface area contributed by atoms with Gasteiger partial charge in [0.2, 0.25) is 0 Å². The smallest absolute Gasteiger partial charge is 0.381 e. The van der Waals surface area contributed by atoms with E-state index in [1.54, 1.807) is 7.11 Å². The maximum absolute atomic E-state index is 13.4. The highest BCUT2D eigenvalue weighted by Gasteiger charge is 2.75. The van der Waals surface area contributed by atoms with Crippen LogP contribution in [0.25, 0.3) is 0 Å². The number of carbonyl (C=O) groups excluding carboxylic acids is 2. The third kappa shape index (κ3) is 6.97. The molecule has 0 atom stereocenters. The molecule has 0 spiro atoms. The lowest BCUT2D eigenvalue weighted by molar-refractivity contribution is -0.344. The van der Waals surface area contributed by atoms with Crippen molar-refractivity contribution in [1.82, 2.24) is 0 Å². The zero-order valence-corrected chi connectivity index (χ0v) is 18.6. The van der Waals surface area contributed by atoms with Gasteiger partial charge in [0.1, 0.15) is 11.9 Å². The van der Waals surface area contributed by atoms with Crippen molar-refractivity contribution in [2.75, 3.05) is 13.7 Å². The number of carbonyl (C=O) groups is 2. The van der Waals surface area contributed by atoms with Crippen LogP contribution < -0.4 is 4.74 Å². The lowest BCUT2D eigenvalue weighted by Crippen LogP contribution is -2.59. The third-order valence-electron chi connectivity index (χ3n) is 5.66. The Kier molecular flexibility index (Phi) is 9.35. The largest absolute Gasteiger partial charge is 0.497 e. The van der Waals surface area contributed by atoms with E-state index in [0.29, 0.717) is 12.8 Å².